The molecule has 3 rings (SSSR count). The predicted molar refractivity (Wildman–Crippen MR) is 85.2 cm³/mol. The molecule has 0 unspecified atom stereocenters. The average Bonchev–Trinajstić information content (AvgIpc) is 3.08. The average molecular weight is 302 g/mol. The molecule has 2 heterocycles. The Morgan fingerprint density at radius 3 is 2.86 bits per heavy atom. The van der Waals surface area contributed by atoms with Gasteiger partial charge in [0.25, 0.3) is 0 Å². The van der Waals surface area contributed by atoms with E-state index in [0.29, 0.717) is 17.3 Å². The van der Waals surface area contributed by atoms with E-state index in [1.165, 1.54) is 6.33 Å². The van der Waals surface area contributed by atoms with Crippen molar-refractivity contribution >= 4 is 23.3 Å². The minimum absolute atomic E-state index is 0.236. The van der Waals surface area contributed by atoms with Crippen LogP contribution in [-0.4, -0.2) is 56.1 Å². The molecule has 0 radical (unpaired) electrons. The van der Waals surface area contributed by atoms with Gasteiger partial charge in [0.05, 0.1) is 18.8 Å². The standard InChI is InChI=1S/C15H22N6O/c1-4-10-5-11(6-12(10)22)21-9-18-13-14(19-8-20(2)3)16-7-17-15(13)21/h7-12,22H,4-6H2,1-3H3/b19-8-/t10-,11+,12+/m0/s1. The van der Waals surface area contributed by atoms with Crippen molar-refractivity contribution in [1.29, 1.82) is 0 Å². The van der Waals surface area contributed by atoms with Crippen LogP contribution in [0.5, 0.6) is 0 Å². The molecule has 22 heavy (non-hydrogen) atoms. The molecule has 1 aliphatic rings. The van der Waals surface area contributed by atoms with Crippen LogP contribution in [0, 0.1) is 5.92 Å². The van der Waals surface area contributed by atoms with Crippen molar-refractivity contribution in [3.63, 3.8) is 0 Å². The summed E-state index contributed by atoms with van der Waals surface area (Å²) in [5.74, 6) is 0.929. The normalized spacial score (nSPS) is 25.4. The number of imidazole rings is 1. The van der Waals surface area contributed by atoms with Crippen LogP contribution in [0.3, 0.4) is 0 Å². The Hall–Kier alpha value is -2.02. The van der Waals surface area contributed by atoms with Gasteiger partial charge < -0.3 is 14.6 Å². The van der Waals surface area contributed by atoms with Gasteiger partial charge in [-0.25, -0.2) is 19.9 Å². The van der Waals surface area contributed by atoms with Gasteiger partial charge in [-0.1, -0.05) is 13.3 Å². The molecule has 0 saturated heterocycles. The molecule has 0 spiro atoms. The van der Waals surface area contributed by atoms with Crippen molar-refractivity contribution in [3.05, 3.63) is 12.7 Å². The molecule has 7 nitrogen and oxygen atoms in total. The van der Waals surface area contributed by atoms with E-state index in [-0.39, 0.29) is 12.1 Å². The first-order chi connectivity index (χ1) is 10.6. The van der Waals surface area contributed by atoms with E-state index in [1.807, 2.05) is 19.0 Å². The van der Waals surface area contributed by atoms with Crippen LogP contribution in [0.15, 0.2) is 17.6 Å². The molecule has 1 N–H and O–H groups in total. The maximum Gasteiger partial charge on any atom is 0.184 e. The number of fused-ring (bicyclic) bond motifs is 1. The van der Waals surface area contributed by atoms with Crippen molar-refractivity contribution in [2.45, 2.75) is 38.3 Å². The first-order valence-electron chi connectivity index (χ1n) is 7.66. The number of aliphatic hydroxyl groups excluding tert-OH is 1. The predicted octanol–water partition coefficient (Wildman–Crippen LogP) is 1.77. The minimum Gasteiger partial charge on any atom is -0.393 e. The molecule has 0 aromatic carbocycles. The van der Waals surface area contributed by atoms with Crippen molar-refractivity contribution in [2.75, 3.05) is 14.1 Å². The fourth-order valence-electron chi connectivity index (χ4n) is 3.11. The van der Waals surface area contributed by atoms with E-state index < -0.39 is 0 Å². The number of aromatic nitrogens is 4. The first kappa shape index (κ1) is 14.9. The van der Waals surface area contributed by atoms with Gasteiger partial charge >= 0.3 is 0 Å². The fraction of sp³-hybridized carbons (Fsp3) is 0.600. The summed E-state index contributed by atoms with van der Waals surface area (Å²) >= 11 is 0. The lowest BCUT2D eigenvalue weighted by molar-refractivity contribution is 0.129. The SMILES string of the molecule is CC[C@H]1C[C@@H](n2cnc3c(/N=C\N(C)C)ncnc32)C[C@H]1O. The van der Waals surface area contributed by atoms with Crippen LogP contribution in [0.1, 0.15) is 32.2 Å². The second-order valence-corrected chi connectivity index (χ2v) is 6.09. The van der Waals surface area contributed by atoms with E-state index in [2.05, 4.69) is 31.4 Å². The van der Waals surface area contributed by atoms with Crippen molar-refractivity contribution < 1.29 is 5.11 Å². The number of hydrogen-bond donors (Lipinski definition) is 1. The lowest BCUT2D eigenvalue weighted by atomic mass is 10.0. The number of hydrogen-bond acceptors (Lipinski definition) is 5. The van der Waals surface area contributed by atoms with E-state index in [0.717, 1.165) is 24.9 Å². The summed E-state index contributed by atoms with van der Waals surface area (Å²) in [5.41, 5.74) is 1.49. The Kier molecular flexibility index (Phi) is 4.06. The van der Waals surface area contributed by atoms with Gasteiger partial charge in [0.2, 0.25) is 0 Å². The Morgan fingerprint density at radius 2 is 2.18 bits per heavy atom. The quantitative estimate of drug-likeness (QED) is 0.688. The third kappa shape index (κ3) is 2.68. The summed E-state index contributed by atoms with van der Waals surface area (Å²) in [6, 6.07) is 0.241. The Bertz CT molecular complexity index is 680. The largest absolute Gasteiger partial charge is 0.393 e. The van der Waals surface area contributed by atoms with Gasteiger partial charge in [-0.2, -0.15) is 0 Å². The van der Waals surface area contributed by atoms with Gasteiger partial charge in [-0.05, 0) is 18.8 Å². The van der Waals surface area contributed by atoms with Gasteiger partial charge in [0.1, 0.15) is 6.33 Å². The fourth-order valence-corrected chi connectivity index (χ4v) is 3.11. The smallest absolute Gasteiger partial charge is 0.184 e. The van der Waals surface area contributed by atoms with Crippen molar-refractivity contribution in [1.82, 2.24) is 24.4 Å². The van der Waals surface area contributed by atoms with Crippen LogP contribution in [0.4, 0.5) is 5.82 Å². The highest BCUT2D eigenvalue weighted by Crippen LogP contribution is 2.38. The van der Waals surface area contributed by atoms with Crippen LogP contribution in [0.25, 0.3) is 11.2 Å². The lowest BCUT2D eigenvalue weighted by Gasteiger charge is -2.12. The highest BCUT2D eigenvalue weighted by Gasteiger charge is 2.33. The summed E-state index contributed by atoms with van der Waals surface area (Å²) in [4.78, 5) is 19.2. The van der Waals surface area contributed by atoms with Crippen molar-refractivity contribution in [3.8, 4) is 0 Å². The zero-order valence-corrected chi connectivity index (χ0v) is 13.2. The molecule has 2 aromatic heterocycles. The molecule has 1 saturated carbocycles. The van der Waals surface area contributed by atoms with Gasteiger partial charge in [-0.3, -0.25) is 0 Å². The minimum atomic E-state index is -0.236. The number of rotatable bonds is 4. The second-order valence-electron chi connectivity index (χ2n) is 6.09. The zero-order valence-electron chi connectivity index (χ0n) is 13.2. The Balaban J connectivity index is 1.95. The number of nitrogens with zero attached hydrogens (tertiary/aromatic N) is 6. The number of aliphatic hydroxyl groups is 1. The van der Waals surface area contributed by atoms with Gasteiger partial charge in [0, 0.05) is 20.1 Å². The molecular formula is C15H22N6O. The molecule has 7 heteroatoms. The van der Waals surface area contributed by atoms with Crippen LogP contribution < -0.4 is 0 Å². The summed E-state index contributed by atoms with van der Waals surface area (Å²) < 4.78 is 2.06. The number of aliphatic imine (C=N–C) groups is 1. The molecule has 1 fully saturated rings. The van der Waals surface area contributed by atoms with Crippen molar-refractivity contribution in [2.24, 2.45) is 10.9 Å². The summed E-state index contributed by atoms with van der Waals surface area (Å²) in [5, 5.41) is 10.1. The zero-order chi connectivity index (χ0) is 15.7. The van der Waals surface area contributed by atoms with Crippen LogP contribution >= 0.6 is 0 Å². The maximum absolute atomic E-state index is 10.1. The molecule has 0 bridgehead atoms. The molecular weight excluding hydrogens is 280 g/mol. The third-order valence-corrected chi connectivity index (χ3v) is 4.30. The molecule has 118 valence electrons. The third-order valence-electron chi connectivity index (χ3n) is 4.30. The molecule has 3 atom stereocenters. The highest BCUT2D eigenvalue weighted by atomic mass is 16.3. The summed E-state index contributed by atoms with van der Waals surface area (Å²) in [6.07, 6.45) is 7.49. The van der Waals surface area contributed by atoms with E-state index in [9.17, 15) is 5.11 Å². The summed E-state index contributed by atoms with van der Waals surface area (Å²) in [7, 11) is 3.82. The van der Waals surface area contributed by atoms with E-state index in [4.69, 9.17) is 0 Å². The monoisotopic (exact) mass is 302 g/mol. The first-order valence-corrected chi connectivity index (χ1v) is 7.66. The van der Waals surface area contributed by atoms with Gasteiger partial charge in [-0.15, -0.1) is 0 Å². The Labute approximate surface area is 129 Å². The van der Waals surface area contributed by atoms with Crippen LogP contribution in [0.2, 0.25) is 0 Å². The molecule has 2 aromatic rings. The summed E-state index contributed by atoms with van der Waals surface area (Å²) in [6.45, 7) is 2.12. The van der Waals surface area contributed by atoms with E-state index in [1.54, 1.807) is 12.7 Å². The second kappa shape index (κ2) is 6.00. The molecule has 1 aliphatic carbocycles. The van der Waals surface area contributed by atoms with Crippen LogP contribution in [-0.2, 0) is 0 Å². The molecule has 0 amide bonds. The highest BCUT2D eigenvalue weighted by molar-refractivity contribution is 5.82. The maximum atomic E-state index is 10.1. The topological polar surface area (TPSA) is 79.4 Å². The van der Waals surface area contributed by atoms with Gasteiger partial charge in [0.15, 0.2) is 17.0 Å². The molecule has 0 aliphatic heterocycles. The Morgan fingerprint density at radius 1 is 1.36 bits per heavy atom. The van der Waals surface area contributed by atoms with E-state index >= 15 is 0 Å². The lowest BCUT2D eigenvalue weighted by Crippen LogP contribution is -2.11.